The lowest BCUT2D eigenvalue weighted by Crippen LogP contribution is -2.23. The fourth-order valence-electron chi connectivity index (χ4n) is 1.50. The van der Waals surface area contributed by atoms with Gasteiger partial charge in [0.15, 0.2) is 0 Å². The lowest BCUT2D eigenvalue weighted by Gasteiger charge is -2.09. The van der Waals surface area contributed by atoms with Crippen LogP contribution in [-0.2, 0) is 6.54 Å². The van der Waals surface area contributed by atoms with Crippen LogP contribution in [0.25, 0.3) is 0 Å². The second kappa shape index (κ2) is 4.83. The zero-order chi connectivity index (χ0) is 10.6. The molecule has 0 radical (unpaired) electrons. The van der Waals surface area contributed by atoms with Gasteiger partial charge in [-0.15, -0.1) is 6.42 Å². The van der Waals surface area contributed by atoms with Crippen LogP contribution < -0.4 is 5.32 Å². The second-order valence-corrected chi connectivity index (χ2v) is 3.77. The third kappa shape index (κ3) is 3.24. The van der Waals surface area contributed by atoms with Gasteiger partial charge in [-0.25, -0.2) is 0 Å². The molecule has 0 aliphatic heterocycles. The SMILES string of the molecule is C#CC(C)NCc1cc(C)cc(C)c1. The summed E-state index contributed by atoms with van der Waals surface area (Å²) < 4.78 is 0. The van der Waals surface area contributed by atoms with E-state index in [2.05, 4.69) is 43.3 Å². The molecule has 0 aromatic heterocycles. The van der Waals surface area contributed by atoms with Gasteiger partial charge in [0.05, 0.1) is 6.04 Å². The van der Waals surface area contributed by atoms with Gasteiger partial charge in [-0.2, -0.15) is 0 Å². The Labute approximate surface area is 86.5 Å². The van der Waals surface area contributed by atoms with Gasteiger partial charge in [-0.05, 0) is 26.3 Å². The number of hydrogen-bond donors (Lipinski definition) is 1. The molecule has 0 fully saturated rings. The second-order valence-electron chi connectivity index (χ2n) is 3.77. The van der Waals surface area contributed by atoms with Gasteiger partial charge in [-0.3, -0.25) is 5.32 Å². The number of aryl methyl sites for hydroxylation is 2. The maximum atomic E-state index is 5.28. The number of nitrogens with one attached hydrogen (secondary N) is 1. The fraction of sp³-hybridized carbons (Fsp3) is 0.385. The van der Waals surface area contributed by atoms with Crippen molar-refractivity contribution in [2.45, 2.75) is 33.4 Å². The first-order valence-corrected chi connectivity index (χ1v) is 4.88. The van der Waals surface area contributed by atoms with E-state index in [1.807, 2.05) is 6.92 Å². The van der Waals surface area contributed by atoms with Gasteiger partial charge >= 0.3 is 0 Å². The molecule has 0 amide bonds. The molecule has 0 bridgehead atoms. The van der Waals surface area contributed by atoms with Crippen molar-refractivity contribution in [3.05, 3.63) is 34.9 Å². The summed E-state index contributed by atoms with van der Waals surface area (Å²) in [5, 5.41) is 3.27. The molecule has 1 aromatic rings. The molecule has 1 N–H and O–H groups in total. The van der Waals surface area contributed by atoms with Gasteiger partial charge in [-0.1, -0.05) is 35.2 Å². The lowest BCUT2D eigenvalue weighted by molar-refractivity contribution is 0.647. The molecule has 74 valence electrons. The van der Waals surface area contributed by atoms with Gasteiger partial charge in [0.25, 0.3) is 0 Å². The van der Waals surface area contributed by atoms with Gasteiger partial charge in [0, 0.05) is 6.54 Å². The number of terminal acetylenes is 1. The molecular weight excluding hydrogens is 170 g/mol. The normalized spacial score (nSPS) is 12.1. The summed E-state index contributed by atoms with van der Waals surface area (Å²) >= 11 is 0. The van der Waals surface area contributed by atoms with Crippen LogP contribution in [0.3, 0.4) is 0 Å². The highest BCUT2D eigenvalue weighted by Gasteiger charge is 1.98. The van der Waals surface area contributed by atoms with Crippen LogP contribution >= 0.6 is 0 Å². The Bertz CT molecular complexity index is 326. The highest BCUT2D eigenvalue weighted by molar-refractivity contribution is 5.28. The van der Waals surface area contributed by atoms with E-state index in [1.165, 1.54) is 16.7 Å². The molecule has 14 heavy (non-hydrogen) atoms. The van der Waals surface area contributed by atoms with E-state index in [9.17, 15) is 0 Å². The Morgan fingerprint density at radius 1 is 1.29 bits per heavy atom. The van der Waals surface area contributed by atoms with Crippen LogP contribution in [0.5, 0.6) is 0 Å². The predicted octanol–water partition coefficient (Wildman–Crippen LogP) is 2.41. The van der Waals surface area contributed by atoms with Crippen molar-refractivity contribution in [1.82, 2.24) is 5.32 Å². The Kier molecular flexibility index (Phi) is 3.73. The third-order valence-electron chi connectivity index (χ3n) is 2.14. The maximum absolute atomic E-state index is 5.28. The summed E-state index contributed by atoms with van der Waals surface area (Å²) in [6.45, 7) is 7.05. The smallest absolute Gasteiger partial charge is 0.0660 e. The molecule has 1 unspecified atom stereocenters. The molecule has 0 aliphatic carbocycles. The topological polar surface area (TPSA) is 12.0 Å². The van der Waals surface area contributed by atoms with Crippen LogP contribution in [0.2, 0.25) is 0 Å². The quantitative estimate of drug-likeness (QED) is 0.717. The molecule has 1 rings (SSSR count). The molecular formula is C13H17N. The molecule has 0 spiro atoms. The van der Waals surface area contributed by atoms with E-state index in [0.29, 0.717) is 0 Å². The average Bonchev–Trinajstić information content (AvgIpc) is 2.12. The summed E-state index contributed by atoms with van der Waals surface area (Å²) in [5.41, 5.74) is 3.90. The van der Waals surface area contributed by atoms with E-state index in [1.54, 1.807) is 0 Å². The van der Waals surface area contributed by atoms with E-state index in [0.717, 1.165) is 6.54 Å². The highest BCUT2D eigenvalue weighted by atomic mass is 14.9. The average molecular weight is 187 g/mol. The Hall–Kier alpha value is -1.26. The summed E-state index contributed by atoms with van der Waals surface area (Å²) in [5.74, 6) is 2.65. The molecule has 0 aliphatic rings. The van der Waals surface area contributed by atoms with Crippen molar-refractivity contribution in [3.8, 4) is 12.3 Å². The molecule has 1 atom stereocenters. The minimum Gasteiger partial charge on any atom is -0.300 e. The van der Waals surface area contributed by atoms with Gasteiger partial charge in [0.2, 0.25) is 0 Å². The monoisotopic (exact) mass is 187 g/mol. The first kappa shape index (κ1) is 10.8. The largest absolute Gasteiger partial charge is 0.300 e. The van der Waals surface area contributed by atoms with Gasteiger partial charge in [0.1, 0.15) is 0 Å². The van der Waals surface area contributed by atoms with Gasteiger partial charge < -0.3 is 0 Å². The molecule has 0 saturated carbocycles. The zero-order valence-electron chi connectivity index (χ0n) is 9.09. The van der Waals surface area contributed by atoms with Crippen molar-refractivity contribution in [1.29, 1.82) is 0 Å². The molecule has 0 saturated heterocycles. The van der Waals surface area contributed by atoms with Crippen LogP contribution in [0, 0.1) is 26.2 Å². The number of benzene rings is 1. The number of rotatable bonds is 3. The fourth-order valence-corrected chi connectivity index (χ4v) is 1.50. The first-order chi connectivity index (χ1) is 6.61. The van der Waals surface area contributed by atoms with E-state index in [-0.39, 0.29) is 6.04 Å². The van der Waals surface area contributed by atoms with Crippen molar-refractivity contribution in [2.24, 2.45) is 0 Å². The molecule has 1 heteroatoms. The minimum atomic E-state index is 0.135. The first-order valence-electron chi connectivity index (χ1n) is 4.88. The van der Waals surface area contributed by atoms with Crippen LogP contribution in [0.1, 0.15) is 23.6 Å². The summed E-state index contributed by atoms with van der Waals surface area (Å²) in [4.78, 5) is 0. The third-order valence-corrected chi connectivity index (χ3v) is 2.14. The molecule has 1 aromatic carbocycles. The Morgan fingerprint density at radius 3 is 2.36 bits per heavy atom. The Balaban J connectivity index is 2.64. The van der Waals surface area contributed by atoms with E-state index >= 15 is 0 Å². The van der Waals surface area contributed by atoms with Crippen molar-refractivity contribution >= 4 is 0 Å². The number of hydrogen-bond acceptors (Lipinski definition) is 1. The predicted molar refractivity (Wildman–Crippen MR) is 61.1 cm³/mol. The standard InChI is InChI=1S/C13H17N/c1-5-12(4)14-9-13-7-10(2)6-11(3)8-13/h1,6-8,12,14H,9H2,2-4H3. The molecule has 0 heterocycles. The zero-order valence-corrected chi connectivity index (χ0v) is 9.09. The van der Waals surface area contributed by atoms with E-state index < -0.39 is 0 Å². The van der Waals surface area contributed by atoms with Crippen LogP contribution in [0.15, 0.2) is 18.2 Å². The van der Waals surface area contributed by atoms with E-state index in [4.69, 9.17) is 6.42 Å². The maximum Gasteiger partial charge on any atom is 0.0660 e. The van der Waals surface area contributed by atoms with Crippen LogP contribution in [-0.4, -0.2) is 6.04 Å². The summed E-state index contributed by atoms with van der Waals surface area (Å²) in [6.07, 6.45) is 5.28. The summed E-state index contributed by atoms with van der Waals surface area (Å²) in [7, 11) is 0. The van der Waals surface area contributed by atoms with Crippen molar-refractivity contribution < 1.29 is 0 Å². The minimum absolute atomic E-state index is 0.135. The van der Waals surface area contributed by atoms with Crippen molar-refractivity contribution in [2.75, 3.05) is 0 Å². The highest BCUT2D eigenvalue weighted by Crippen LogP contribution is 2.08. The van der Waals surface area contributed by atoms with Crippen molar-refractivity contribution in [3.63, 3.8) is 0 Å². The summed E-state index contributed by atoms with van der Waals surface area (Å²) in [6, 6.07) is 6.68. The Morgan fingerprint density at radius 2 is 1.86 bits per heavy atom. The van der Waals surface area contributed by atoms with Crippen LogP contribution in [0.4, 0.5) is 0 Å². The lowest BCUT2D eigenvalue weighted by atomic mass is 10.1. The molecule has 1 nitrogen and oxygen atoms in total.